The lowest BCUT2D eigenvalue weighted by atomic mass is 10.2. The summed E-state index contributed by atoms with van der Waals surface area (Å²) < 4.78 is 0. The zero-order valence-electron chi connectivity index (χ0n) is 29.1. The van der Waals surface area contributed by atoms with Crippen LogP contribution in [-0.2, 0) is 0 Å². The zero-order chi connectivity index (χ0) is 35.3. The van der Waals surface area contributed by atoms with Crippen LogP contribution in [0.15, 0.2) is 169 Å². The van der Waals surface area contributed by atoms with E-state index in [1.807, 2.05) is 93.4 Å². The molecule has 0 N–H and O–H groups in total. The number of aryl methyl sites for hydroxylation is 5. The molecule has 8 heteroatoms. The third kappa shape index (κ3) is 16.2. The van der Waals surface area contributed by atoms with Gasteiger partial charge in [0.2, 0.25) is 0 Å². The highest BCUT2D eigenvalue weighted by Crippen LogP contribution is 2.40. The number of aromatic nitrogens is 2. The minimum atomic E-state index is 1.00. The van der Waals surface area contributed by atoms with Gasteiger partial charge in [0.1, 0.15) is 10.1 Å². The van der Waals surface area contributed by atoms with Crippen molar-refractivity contribution < 1.29 is 0 Å². The Hall–Kier alpha value is -2.72. The molecule has 2 heterocycles. The first-order valence-electron chi connectivity index (χ1n) is 16.0. The van der Waals surface area contributed by atoms with Crippen molar-refractivity contribution in [2.45, 2.75) is 78.1 Å². The Morgan fingerprint density at radius 3 is 1.29 bits per heavy atom. The SMILES string of the molecule is CC.Cc1ccc(SSc2ccccc2C)c(C)c1.Cc1cccc(SSc2cccc(C)c2)c1.c1ccc(SSc2ccccn2)nc1. The van der Waals surface area contributed by atoms with Crippen LogP contribution in [0.5, 0.6) is 0 Å². The molecule has 0 aliphatic heterocycles. The van der Waals surface area contributed by atoms with Gasteiger partial charge >= 0.3 is 0 Å². The summed E-state index contributed by atoms with van der Waals surface area (Å²) in [5, 5.41) is 2.01. The van der Waals surface area contributed by atoms with Crippen molar-refractivity contribution in [1.82, 2.24) is 9.97 Å². The molecule has 0 aliphatic rings. The molecule has 0 unspecified atom stereocenters. The molecule has 0 spiro atoms. The van der Waals surface area contributed by atoms with Crippen LogP contribution in [0, 0.1) is 34.6 Å². The lowest BCUT2D eigenvalue weighted by molar-refractivity contribution is 1.13. The number of hydrogen-bond donors (Lipinski definition) is 0. The van der Waals surface area contributed by atoms with Crippen molar-refractivity contribution in [2.24, 2.45) is 0 Å². The molecule has 0 saturated heterocycles. The van der Waals surface area contributed by atoms with Crippen LogP contribution in [0.2, 0.25) is 0 Å². The van der Waals surface area contributed by atoms with E-state index >= 15 is 0 Å². The molecule has 0 fully saturated rings. The molecule has 0 atom stereocenters. The molecule has 0 aliphatic carbocycles. The third-order valence-electron chi connectivity index (χ3n) is 6.35. The maximum Gasteiger partial charge on any atom is 0.107 e. The second-order valence-corrected chi connectivity index (χ2v) is 17.2. The standard InChI is InChI=1S/C15H16S2.C14H14S2.C10H8N2S2.C2H6/c1-11-8-9-15(13(3)10-11)17-16-14-7-5-4-6-12(14)2;1-11-5-3-7-13(9-11)15-16-14-8-4-6-12(2)10-14;1-3-7-11-9(5-1)13-14-10-6-2-4-8-12-10;1-2/h4-10H,1-3H3;3-10H,1-2H3;1-8H;1-2H3. The van der Waals surface area contributed by atoms with Crippen LogP contribution in [-0.4, -0.2) is 9.97 Å². The fourth-order valence-electron chi connectivity index (χ4n) is 3.94. The van der Waals surface area contributed by atoms with Crippen molar-refractivity contribution in [3.05, 3.63) is 168 Å². The highest BCUT2D eigenvalue weighted by molar-refractivity contribution is 8.77. The smallest absolute Gasteiger partial charge is 0.107 e. The van der Waals surface area contributed by atoms with E-state index in [4.69, 9.17) is 0 Å². The van der Waals surface area contributed by atoms with E-state index in [0.717, 1.165) is 10.1 Å². The average Bonchev–Trinajstić information content (AvgIpc) is 3.13. The van der Waals surface area contributed by atoms with Crippen LogP contribution >= 0.6 is 64.8 Å². The highest BCUT2D eigenvalue weighted by atomic mass is 33.1. The summed E-state index contributed by atoms with van der Waals surface area (Å²) in [6.07, 6.45) is 3.59. The Morgan fingerprint density at radius 2 is 0.837 bits per heavy atom. The summed E-state index contributed by atoms with van der Waals surface area (Å²) in [5.41, 5.74) is 6.66. The van der Waals surface area contributed by atoms with Crippen LogP contribution in [0.3, 0.4) is 0 Å². The Kier molecular flexibility index (Phi) is 19.6. The fourth-order valence-corrected chi connectivity index (χ4v) is 10.3. The van der Waals surface area contributed by atoms with Crippen molar-refractivity contribution in [3.8, 4) is 0 Å². The molecular formula is C41H44N2S6. The monoisotopic (exact) mass is 756 g/mol. The summed E-state index contributed by atoms with van der Waals surface area (Å²) >= 11 is 0. The molecule has 0 amide bonds. The highest BCUT2D eigenvalue weighted by Gasteiger charge is 2.03. The van der Waals surface area contributed by atoms with Crippen molar-refractivity contribution in [2.75, 3.05) is 0 Å². The van der Waals surface area contributed by atoms with Gasteiger partial charge in [-0.3, -0.25) is 0 Å². The van der Waals surface area contributed by atoms with Crippen LogP contribution in [0.25, 0.3) is 0 Å². The summed E-state index contributed by atoms with van der Waals surface area (Å²) in [5.74, 6) is 0. The number of rotatable bonds is 9. The first kappa shape index (κ1) is 40.7. The van der Waals surface area contributed by atoms with Gasteiger partial charge in [-0.05, 0) is 139 Å². The summed E-state index contributed by atoms with van der Waals surface area (Å²) in [6, 6.07) is 44.1. The maximum atomic E-state index is 4.21. The predicted molar refractivity (Wildman–Crippen MR) is 224 cm³/mol. The van der Waals surface area contributed by atoms with Gasteiger partial charge in [-0.2, -0.15) is 0 Å². The Bertz CT molecular complexity index is 1710. The third-order valence-corrected chi connectivity index (χ3v) is 13.6. The van der Waals surface area contributed by atoms with Gasteiger partial charge in [-0.15, -0.1) is 0 Å². The molecule has 0 radical (unpaired) electrons. The minimum Gasteiger partial charge on any atom is -0.249 e. The first-order chi connectivity index (χ1) is 23.9. The molecular weight excluding hydrogens is 713 g/mol. The molecule has 6 aromatic rings. The second kappa shape index (κ2) is 23.6. The van der Waals surface area contributed by atoms with Crippen LogP contribution in [0.4, 0.5) is 0 Å². The minimum absolute atomic E-state index is 1.00. The second-order valence-electron chi connectivity index (χ2n) is 10.5. The van der Waals surface area contributed by atoms with Gasteiger partial charge in [0.05, 0.1) is 0 Å². The molecule has 0 saturated carbocycles. The molecule has 49 heavy (non-hydrogen) atoms. The molecule has 2 aromatic heterocycles. The predicted octanol–water partition coefficient (Wildman–Crippen LogP) is 14.8. The largest absolute Gasteiger partial charge is 0.249 e. The molecule has 4 aromatic carbocycles. The Morgan fingerprint density at radius 1 is 0.367 bits per heavy atom. The zero-order valence-corrected chi connectivity index (χ0v) is 34.0. The van der Waals surface area contributed by atoms with E-state index in [1.165, 1.54) is 47.4 Å². The van der Waals surface area contributed by atoms with E-state index in [9.17, 15) is 0 Å². The topological polar surface area (TPSA) is 25.8 Å². The van der Waals surface area contributed by atoms with Gasteiger partial charge in [-0.1, -0.05) is 129 Å². The van der Waals surface area contributed by atoms with E-state index in [2.05, 4.69) is 136 Å². The van der Waals surface area contributed by atoms with Crippen LogP contribution < -0.4 is 0 Å². The number of benzene rings is 4. The number of hydrogen-bond acceptors (Lipinski definition) is 8. The summed E-state index contributed by atoms with van der Waals surface area (Å²) in [4.78, 5) is 13.7. The van der Waals surface area contributed by atoms with Gasteiger partial charge in [0, 0.05) is 32.0 Å². The van der Waals surface area contributed by atoms with Gasteiger partial charge in [0.15, 0.2) is 0 Å². The van der Waals surface area contributed by atoms with Crippen LogP contribution in [0.1, 0.15) is 41.7 Å². The van der Waals surface area contributed by atoms with E-state index in [1.54, 1.807) is 34.0 Å². The molecule has 2 nitrogen and oxygen atoms in total. The van der Waals surface area contributed by atoms with Crippen molar-refractivity contribution in [3.63, 3.8) is 0 Å². The summed E-state index contributed by atoms with van der Waals surface area (Å²) in [6.45, 7) is 14.7. The summed E-state index contributed by atoms with van der Waals surface area (Å²) in [7, 11) is 10.5. The van der Waals surface area contributed by atoms with Crippen molar-refractivity contribution in [1.29, 1.82) is 0 Å². The molecule has 0 bridgehead atoms. The van der Waals surface area contributed by atoms with E-state index in [-0.39, 0.29) is 0 Å². The lowest BCUT2D eigenvalue weighted by Gasteiger charge is -2.07. The quantitative estimate of drug-likeness (QED) is 0.135. The Labute approximate surface area is 318 Å². The lowest BCUT2D eigenvalue weighted by Crippen LogP contribution is -1.80. The van der Waals surface area contributed by atoms with E-state index < -0.39 is 0 Å². The van der Waals surface area contributed by atoms with Gasteiger partial charge in [0.25, 0.3) is 0 Å². The van der Waals surface area contributed by atoms with Gasteiger partial charge < -0.3 is 0 Å². The number of nitrogens with zero attached hydrogens (tertiary/aromatic N) is 2. The first-order valence-corrected chi connectivity index (χ1v) is 22.4. The fraction of sp³-hybridized carbons (Fsp3) is 0.171. The number of pyridine rings is 2. The molecule has 254 valence electrons. The van der Waals surface area contributed by atoms with Crippen molar-refractivity contribution >= 4 is 64.8 Å². The normalized spacial score (nSPS) is 10.0. The Balaban J connectivity index is 0.000000195. The van der Waals surface area contributed by atoms with Gasteiger partial charge in [-0.25, -0.2) is 9.97 Å². The molecule has 6 rings (SSSR count). The maximum absolute atomic E-state index is 4.21. The van der Waals surface area contributed by atoms with E-state index in [0.29, 0.717) is 0 Å². The average molecular weight is 757 g/mol.